The van der Waals surface area contributed by atoms with Crippen LogP contribution in [-0.4, -0.2) is 22.5 Å². The molecule has 118 valence electrons. The lowest BCUT2D eigenvalue weighted by molar-refractivity contribution is -0.121. The van der Waals surface area contributed by atoms with Gasteiger partial charge < -0.3 is 15.4 Å². The molecule has 4 heteroatoms. The summed E-state index contributed by atoms with van der Waals surface area (Å²) in [5.74, 6) is 0.257. The molecule has 3 N–H and O–H groups in total. The highest BCUT2D eigenvalue weighted by Gasteiger charge is 2.06. The van der Waals surface area contributed by atoms with Crippen LogP contribution in [0.5, 0.6) is 5.75 Å². The Morgan fingerprint density at radius 2 is 1.78 bits per heavy atom. The van der Waals surface area contributed by atoms with Crippen molar-refractivity contribution in [1.82, 2.24) is 10.3 Å². The van der Waals surface area contributed by atoms with E-state index in [1.165, 1.54) is 10.9 Å². The summed E-state index contributed by atoms with van der Waals surface area (Å²) in [6.45, 7) is 0.613. The molecule has 1 aromatic heterocycles. The van der Waals surface area contributed by atoms with Gasteiger partial charge >= 0.3 is 0 Å². The first-order valence-corrected chi connectivity index (χ1v) is 7.82. The molecule has 0 saturated heterocycles. The van der Waals surface area contributed by atoms with Gasteiger partial charge in [-0.25, -0.2) is 0 Å². The monoisotopic (exact) mass is 308 g/mol. The van der Waals surface area contributed by atoms with Crippen molar-refractivity contribution < 1.29 is 9.90 Å². The second kappa shape index (κ2) is 7.01. The van der Waals surface area contributed by atoms with Crippen LogP contribution in [-0.2, 0) is 17.6 Å². The van der Waals surface area contributed by atoms with E-state index in [2.05, 4.69) is 16.4 Å². The van der Waals surface area contributed by atoms with E-state index in [1.807, 2.05) is 36.5 Å². The number of aromatic hydroxyl groups is 1. The van der Waals surface area contributed by atoms with E-state index in [1.54, 1.807) is 12.1 Å². The first-order chi connectivity index (χ1) is 11.2. The van der Waals surface area contributed by atoms with Crippen LogP contribution >= 0.6 is 0 Å². The first kappa shape index (κ1) is 15.2. The number of para-hydroxylation sites is 2. The summed E-state index contributed by atoms with van der Waals surface area (Å²) < 4.78 is 0. The summed E-state index contributed by atoms with van der Waals surface area (Å²) in [6, 6.07) is 15.3. The molecule has 0 spiro atoms. The van der Waals surface area contributed by atoms with Gasteiger partial charge in [-0.05, 0) is 36.1 Å². The summed E-state index contributed by atoms with van der Waals surface area (Å²) in [5, 5.41) is 13.8. The summed E-state index contributed by atoms with van der Waals surface area (Å²) in [5.41, 5.74) is 3.13. The molecule has 0 fully saturated rings. The molecule has 0 aliphatic rings. The van der Waals surface area contributed by atoms with Gasteiger partial charge in [0, 0.05) is 30.1 Å². The third-order valence-corrected chi connectivity index (χ3v) is 4.00. The van der Waals surface area contributed by atoms with Crippen LogP contribution in [0.15, 0.2) is 54.7 Å². The van der Waals surface area contributed by atoms with Crippen molar-refractivity contribution in [2.24, 2.45) is 0 Å². The number of fused-ring (bicyclic) bond motifs is 1. The second-order valence-corrected chi connectivity index (χ2v) is 5.59. The number of rotatable bonds is 6. The highest BCUT2D eigenvalue weighted by molar-refractivity contribution is 5.83. The molecule has 1 heterocycles. The number of aromatic nitrogens is 1. The van der Waals surface area contributed by atoms with Gasteiger partial charge in [-0.2, -0.15) is 0 Å². The van der Waals surface area contributed by atoms with Gasteiger partial charge in [-0.3, -0.25) is 4.79 Å². The number of phenolic OH excluding ortho intramolecular Hbond substituents is 1. The minimum Gasteiger partial charge on any atom is -0.508 e. The molecule has 0 aliphatic heterocycles. The molecule has 3 aromatic rings. The van der Waals surface area contributed by atoms with Crippen LogP contribution in [0.1, 0.15) is 17.5 Å². The third-order valence-electron chi connectivity index (χ3n) is 4.00. The fraction of sp³-hybridized carbons (Fsp3) is 0.211. The van der Waals surface area contributed by atoms with E-state index < -0.39 is 0 Å². The van der Waals surface area contributed by atoms with Crippen molar-refractivity contribution in [3.05, 3.63) is 65.9 Å². The van der Waals surface area contributed by atoms with Gasteiger partial charge in [0.2, 0.25) is 5.91 Å². The second-order valence-electron chi connectivity index (χ2n) is 5.59. The van der Waals surface area contributed by atoms with Crippen LogP contribution < -0.4 is 5.32 Å². The van der Waals surface area contributed by atoms with Crippen LogP contribution in [0.25, 0.3) is 10.9 Å². The fourth-order valence-electron chi connectivity index (χ4n) is 2.73. The van der Waals surface area contributed by atoms with Gasteiger partial charge in [0.15, 0.2) is 0 Å². The molecule has 3 rings (SSSR count). The molecule has 0 aliphatic carbocycles. The molecule has 0 radical (unpaired) electrons. The lowest BCUT2D eigenvalue weighted by Gasteiger charge is -2.06. The number of benzene rings is 2. The van der Waals surface area contributed by atoms with Crippen LogP contribution in [0.4, 0.5) is 0 Å². The van der Waals surface area contributed by atoms with Crippen molar-refractivity contribution in [3.63, 3.8) is 0 Å². The number of hydrogen-bond donors (Lipinski definition) is 3. The smallest absolute Gasteiger partial charge is 0.220 e. The number of nitrogens with one attached hydrogen (secondary N) is 2. The van der Waals surface area contributed by atoms with Gasteiger partial charge in [0.05, 0.1) is 0 Å². The maximum Gasteiger partial charge on any atom is 0.220 e. The Hall–Kier alpha value is -2.75. The zero-order valence-corrected chi connectivity index (χ0v) is 12.9. The normalized spacial score (nSPS) is 10.8. The summed E-state index contributed by atoms with van der Waals surface area (Å²) >= 11 is 0. The Morgan fingerprint density at radius 3 is 2.65 bits per heavy atom. The lowest BCUT2D eigenvalue weighted by atomic mass is 10.1. The van der Waals surface area contributed by atoms with E-state index in [0.717, 1.165) is 17.5 Å². The number of aryl methyl sites for hydroxylation is 1. The Labute approximate surface area is 135 Å². The van der Waals surface area contributed by atoms with E-state index >= 15 is 0 Å². The largest absolute Gasteiger partial charge is 0.508 e. The Balaban J connectivity index is 1.47. The zero-order valence-electron chi connectivity index (χ0n) is 12.9. The Morgan fingerprint density at radius 1 is 1.00 bits per heavy atom. The van der Waals surface area contributed by atoms with Crippen LogP contribution in [0, 0.1) is 0 Å². The Kier molecular flexibility index (Phi) is 4.62. The average Bonchev–Trinajstić information content (AvgIpc) is 2.98. The quantitative estimate of drug-likeness (QED) is 0.655. The molecule has 23 heavy (non-hydrogen) atoms. The van der Waals surface area contributed by atoms with E-state index in [-0.39, 0.29) is 11.7 Å². The number of phenols is 1. The first-order valence-electron chi connectivity index (χ1n) is 7.82. The van der Waals surface area contributed by atoms with E-state index in [9.17, 15) is 9.90 Å². The number of hydrogen-bond acceptors (Lipinski definition) is 2. The van der Waals surface area contributed by atoms with Crippen molar-refractivity contribution in [2.45, 2.75) is 19.3 Å². The van der Waals surface area contributed by atoms with Crippen LogP contribution in [0.2, 0.25) is 0 Å². The van der Waals surface area contributed by atoms with Gasteiger partial charge in [0.25, 0.3) is 0 Å². The number of H-pyrrole nitrogens is 1. The predicted molar refractivity (Wildman–Crippen MR) is 91.4 cm³/mol. The predicted octanol–water partition coefficient (Wildman–Crippen LogP) is 3.17. The fourth-order valence-corrected chi connectivity index (χ4v) is 2.73. The molecule has 0 unspecified atom stereocenters. The summed E-state index contributed by atoms with van der Waals surface area (Å²) in [4.78, 5) is 15.2. The highest BCUT2D eigenvalue weighted by Crippen LogP contribution is 2.18. The van der Waals surface area contributed by atoms with E-state index in [4.69, 9.17) is 0 Å². The molecule has 1 amide bonds. The van der Waals surface area contributed by atoms with Gasteiger partial charge in [-0.1, -0.05) is 36.4 Å². The number of aromatic amines is 1. The molecular weight excluding hydrogens is 288 g/mol. The maximum absolute atomic E-state index is 11.9. The molecule has 2 aromatic carbocycles. The molecule has 4 nitrogen and oxygen atoms in total. The SMILES string of the molecule is O=C(CCc1ccccc1O)NCCc1c[nH]c2ccccc12. The van der Waals surface area contributed by atoms with Crippen molar-refractivity contribution in [3.8, 4) is 5.75 Å². The van der Waals surface area contributed by atoms with Crippen LogP contribution in [0.3, 0.4) is 0 Å². The minimum absolute atomic E-state index is 0.00749. The molecule has 0 atom stereocenters. The van der Waals surface area contributed by atoms with E-state index in [0.29, 0.717) is 19.4 Å². The highest BCUT2D eigenvalue weighted by atomic mass is 16.3. The summed E-state index contributed by atoms with van der Waals surface area (Å²) in [7, 11) is 0. The maximum atomic E-state index is 11.9. The topological polar surface area (TPSA) is 65.1 Å². The molecular formula is C19H20N2O2. The number of amides is 1. The Bertz CT molecular complexity index is 808. The number of carbonyl (C=O) groups is 1. The average molecular weight is 308 g/mol. The van der Waals surface area contributed by atoms with Gasteiger partial charge in [-0.15, -0.1) is 0 Å². The molecule has 0 saturated carbocycles. The zero-order chi connectivity index (χ0) is 16.1. The third kappa shape index (κ3) is 3.72. The summed E-state index contributed by atoms with van der Waals surface area (Å²) in [6.07, 6.45) is 3.72. The standard InChI is InChI=1S/C19H20N2O2/c22-18-8-4-1-5-14(18)9-10-19(23)20-12-11-15-13-21-17-7-3-2-6-16(15)17/h1-8,13,21-22H,9-12H2,(H,20,23). The minimum atomic E-state index is 0.00749. The number of carbonyl (C=O) groups excluding carboxylic acids is 1. The lowest BCUT2D eigenvalue weighted by Crippen LogP contribution is -2.25. The van der Waals surface area contributed by atoms with Gasteiger partial charge in [0.1, 0.15) is 5.75 Å². The van der Waals surface area contributed by atoms with Crippen molar-refractivity contribution in [2.75, 3.05) is 6.54 Å². The van der Waals surface area contributed by atoms with Crippen molar-refractivity contribution in [1.29, 1.82) is 0 Å². The molecule has 0 bridgehead atoms. The van der Waals surface area contributed by atoms with Crippen molar-refractivity contribution >= 4 is 16.8 Å².